The number of carbonyl (C=O) groups excluding carboxylic acids is 3. The van der Waals surface area contributed by atoms with Gasteiger partial charge in [0, 0.05) is 21.0 Å². The van der Waals surface area contributed by atoms with Gasteiger partial charge in [0.1, 0.15) is 5.70 Å². The third kappa shape index (κ3) is 7.20. The molecule has 10 heteroatoms. The third-order valence-electron chi connectivity index (χ3n) is 5.38. The lowest BCUT2D eigenvalue weighted by Gasteiger charge is -2.11. The average molecular weight is 571 g/mol. The van der Waals surface area contributed by atoms with E-state index in [0.29, 0.717) is 16.4 Å². The summed E-state index contributed by atoms with van der Waals surface area (Å²) < 4.78 is 1.02. The minimum atomic E-state index is -0.441. The number of aromatic nitrogens is 1. The molecule has 3 amide bonds. The molecule has 0 saturated heterocycles. The third-order valence-corrected chi connectivity index (χ3v) is 8.16. The highest BCUT2D eigenvalue weighted by molar-refractivity contribution is 8.00. The van der Waals surface area contributed by atoms with Crippen LogP contribution < -0.4 is 16.0 Å². The lowest BCUT2D eigenvalue weighted by molar-refractivity contribution is -0.114. The second kappa shape index (κ2) is 12.5. The van der Waals surface area contributed by atoms with Crippen molar-refractivity contribution in [3.8, 4) is 0 Å². The van der Waals surface area contributed by atoms with Crippen LogP contribution in [0.15, 0.2) is 107 Å². The number of nitrogens with zero attached hydrogens (tertiary/aromatic N) is 1. The summed E-state index contributed by atoms with van der Waals surface area (Å²) in [4.78, 5) is 44.3. The van der Waals surface area contributed by atoms with Gasteiger partial charge >= 0.3 is 0 Å². The number of rotatable bonds is 9. The highest BCUT2D eigenvalue weighted by atomic mass is 32.2. The van der Waals surface area contributed by atoms with Crippen LogP contribution in [-0.2, 0) is 9.59 Å². The Morgan fingerprint density at radius 3 is 2.36 bits per heavy atom. The van der Waals surface area contributed by atoms with Crippen LogP contribution in [0.4, 0.5) is 10.8 Å². The van der Waals surface area contributed by atoms with Gasteiger partial charge in [-0.25, -0.2) is 4.98 Å². The molecular weight excluding hydrogens is 549 g/mol. The standard InChI is InChI=1S/C29H22N4O3S3/c34-26(33-29-32-23-10-4-5-11-25(23)39-29)18-38-21-14-12-20(13-15-21)30-28(36)24(17-22-9-6-16-37-22)31-27(35)19-7-2-1-3-8-19/h1-17H,18H2,(H,30,36)(H,31,35)(H,32,33,34)/b24-17-. The maximum absolute atomic E-state index is 13.1. The van der Waals surface area contributed by atoms with Gasteiger partial charge in [-0.3, -0.25) is 14.4 Å². The minimum absolute atomic E-state index is 0.135. The maximum atomic E-state index is 13.1. The first kappa shape index (κ1) is 26.4. The number of thiophene rings is 1. The van der Waals surface area contributed by atoms with Crippen LogP contribution >= 0.6 is 34.4 Å². The Hall–Kier alpha value is -4.25. The first-order valence-corrected chi connectivity index (χ1v) is 14.5. The Kier molecular flexibility index (Phi) is 8.47. The van der Waals surface area contributed by atoms with E-state index < -0.39 is 5.91 Å². The normalized spacial score (nSPS) is 11.2. The number of amides is 3. The van der Waals surface area contributed by atoms with Gasteiger partial charge in [0.15, 0.2) is 5.13 Å². The van der Waals surface area contributed by atoms with Crippen molar-refractivity contribution in [1.29, 1.82) is 0 Å². The molecule has 0 fully saturated rings. The Bertz CT molecular complexity index is 1600. The molecule has 0 aliphatic heterocycles. The molecule has 2 heterocycles. The first-order valence-electron chi connectivity index (χ1n) is 11.8. The summed E-state index contributed by atoms with van der Waals surface area (Å²) in [5.41, 5.74) is 2.01. The Labute approximate surface area is 237 Å². The van der Waals surface area contributed by atoms with Gasteiger partial charge in [0.05, 0.1) is 16.0 Å². The summed E-state index contributed by atoms with van der Waals surface area (Å²) in [6.07, 6.45) is 1.65. The number of hydrogen-bond acceptors (Lipinski definition) is 7. The van der Waals surface area contributed by atoms with Crippen molar-refractivity contribution in [2.75, 3.05) is 16.4 Å². The molecule has 0 saturated carbocycles. The maximum Gasteiger partial charge on any atom is 0.272 e. The largest absolute Gasteiger partial charge is 0.321 e. The molecule has 0 radical (unpaired) electrons. The average Bonchev–Trinajstić information content (AvgIpc) is 3.62. The number of hydrogen-bond donors (Lipinski definition) is 3. The zero-order valence-corrected chi connectivity index (χ0v) is 22.9. The SMILES string of the molecule is O=C(CSc1ccc(NC(=O)/C(=C/c2cccs2)NC(=O)c2ccccc2)cc1)Nc1nc2ccccc2s1. The molecule has 3 N–H and O–H groups in total. The van der Waals surface area contributed by atoms with Gasteiger partial charge in [0.2, 0.25) is 5.91 Å². The Balaban J connectivity index is 1.18. The summed E-state index contributed by atoms with van der Waals surface area (Å²) in [6, 6.07) is 27.4. The van der Waals surface area contributed by atoms with E-state index in [9.17, 15) is 14.4 Å². The van der Waals surface area contributed by atoms with E-state index >= 15 is 0 Å². The number of thioether (sulfide) groups is 1. The number of benzene rings is 3. The fourth-order valence-corrected chi connectivity index (χ4v) is 5.76. The molecule has 0 spiro atoms. The second-order valence-electron chi connectivity index (χ2n) is 8.20. The molecule has 3 aromatic carbocycles. The van der Waals surface area contributed by atoms with Gasteiger partial charge in [0.25, 0.3) is 11.8 Å². The quantitative estimate of drug-likeness (QED) is 0.139. The number of anilines is 2. The van der Waals surface area contributed by atoms with Gasteiger partial charge in [-0.1, -0.05) is 47.7 Å². The number of nitrogens with one attached hydrogen (secondary N) is 3. The summed E-state index contributed by atoms with van der Waals surface area (Å²) in [5.74, 6) is -0.734. The van der Waals surface area contributed by atoms with Crippen molar-refractivity contribution in [3.63, 3.8) is 0 Å². The van der Waals surface area contributed by atoms with E-state index in [2.05, 4.69) is 20.9 Å². The van der Waals surface area contributed by atoms with Crippen LogP contribution in [0.3, 0.4) is 0 Å². The molecule has 39 heavy (non-hydrogen) atoms. The molecule has 7 nitrogen and oxygen atoms in total. The number of carbonyl (C=O) groups is 3. The second-order valence-corrected chi connectivity index (χ2v) is 11.3. The van der Waals surface area contributed by atoms with Crippen LogP contribution in [0.25, 0.3) is 16.3 Å². The van der Waals surface area contributed by atoms with Crippen LogP contribution in [-0.4, -0.2) is 28.5 Å². The highest BCUT2D eigenvalue weighted by Gasteiger charge is 2.15. The predicted octanol–water partition coefficient (Wildman–Crippen LogP) is 6.50. The summed E-state index contributed by atoms with van der Waals surface area (Å²) in [7, 11) is 0. The summed E-state index contributed by atoms with van der Waals surface area (Å²) in [6.45, 7) is 0. The Morgan fingerprint density at radius 1 is 0.846 bits per heavy atom. The highest BCUT2D eigenvalue weighted by Crippen LogP contribution is 2.26. The van der Waals surface area contributed by atoms with Crippen LogP contribution in [0.5, 0.6) is 0 Å². The number of thiazole rings is 1. The molecule has 0 unspecified atom stereocenters. The van der Waals surface area contributed by atoms with Crippen molar-refractivity contribution in [1.82, 2.24) is 10.3 Å². The van der Waals surface area contributed by atoms with E-state index in [-0.39, 0.29) is 23.3 Å². The minimum Gasteiger partial charge on any atom is -0.321 e. The Morgan fingerprint density at radius 2 is 1.62 bits per heavy atom. The number of fused-ring (bicyclic) bond motifs is 1. The topological polar surface area (TPSA) is 100 Å². The van der Waals surface area contributed by atoms with Crippen molar-refractivity contribution in [2.45, 2.75) is 4.90 Å². The lowest BCUT2D eigenvalue weighted by atomic mass is 10.2. The molecular formula is C29H22N4O3S3. The first-order chi connectivity index (χ1) is 19.0. The monoisotopic (exact) mass is 570 g/mol. The van der Waals surface area contributed by atoms with Crippen LogP contribution in [0, 0.1) is 0 Å². The van der Waals surface area contributed by atoms with Crippen molar-refractivity contribution >= 4 is 79.3 Å². The van der Waals surface area contributed by atoms with Crippen LogP contribution in [0.2, 0.25) is 0 Å². The lowest BCUT2D eigenvalue weighted by Crippen LogP contribution is -2.30. The van der Waals surface area contributed by atoms with Gasteiger partial charge in [-0.2, -0.15) is 0 Å². The van der Waals surface area contributed by atoms with E-state index in [0.717, 1.165) is 20.0 Å². The fraction of sp³-hybridized carbons (Fsp3) is 0.0345. The summed E-state index contributed by atoms with van der Waals surface area (Å²) >= 11 is 4.28. The van der Waals surface area contributed by atoms with E-state index in [1.54, 1.807) is 42.5 Å². The van der Waals surface area contributed by atoms with Crippen LogP contribution in [0.1, 0.15) is 15.2 Å². The predicted molar refractivity (Wildman–Crippen MR) is 160 cm³/mol. The van der Waals surface area contributed by atoms with Gasteiger partial charge in [-0.15, -0.1) is 23.1 Å². The zero-order valence-electron chi connectivity index (χ0n) is 20.4. The number of para-hydroxylation sites is 1. The van der Waals surface area contributed by atoms with E-state index in [4.69, 9.17) is 0 Å². The fourth-order valence-electron chi connectivity index (χ4n) is 3.52. The molecule has 0 atom stereocenters. The van der Waals surface area contributed by atoms with E-state index in [1.165, 1.54) is 34.4 Å². The van der Waals surface area contributed by atoms with Crippen molar-refractivity contribution in [2.24, 2.45) is 0 Å². The molecule has 0 aliphatic carbocycles. The molecule has 0 bridgehead atoms. The molecule has 0 aliphatic rings. The van der Waals surface area contributed by atoms with E-state index in [1.807, 2.05) is 60.0 Å². The summed E-state index contributed by atoms with van der Waals surface area (Å²) in [5, 5.41) is 10.9. The zero-order chi connectivity index (χ0) is 27.0. The molecule has 5 aromatic rings. The molecule has 5 rings (SSSR count). The van der Waals surface area contributed by atoms with Crippen molar-refractivity contribution < 1.29 is 14.4 Å². The molecule has 194 valence electrons. The van der Waals surface area contributed by atoms with Gasteiger partial charge < -0.3 is 16.0 Å². The van der Waals surface area contributed by atoms with Gasteiger partial charge in [-0.05, 0) is 66.1 Å². The van der Waals surface area contributed by atoms with Crippen molar-refractivity contribution in [3.05, 3.63) is 113 Å². The molecule has 2 aromatic heterocycles. The smallest absolute Gasteiger partial charge is 0.272 e.